The first kappa shape index (κ1) is 7.60. The lowest BCUT2D eigenvalue weighted by Crippen LogP contribution is -1.70. The van der Waals surface area contributed by atoms with Gasteiger partial charge in [-0.3, -0.25) is 0 Å². The van der Waals surface area contributed by atoms with E-state index in [9.17, 15) is 0 Å². The van der Waals surface area contributed by atoms with Crippen molar-refractivity contribution in [3.8, 4) is 0 Å². The van der Waals surface area contributed by atoms with Crippen LogP contribution in [0.2, 0.25) is 0 Å². The second-order valence-electron chi connectivity index (χ2n) is 1.15. The Morgan fingerprint density at radius 1 is 1.12 bits per heavy atom. The summed E-state index contributed by atoms with van der Waals surface area (Å²) in [5.74, 6) is 0. The molecule has 5 heteroatoms. The maximum absolute atomic E-state index is 4.20. The lowest BCUT2D eigenvalue weighted by molar-refractivity contribution is 2.14. The van der Waals surface area contributed by atoms with Crippen LogP contribution in [0, 0.1) is 0 Å². The molecule has 0 unspecified atom stereocenters. The van der Waals surface area contributed by atoms with Crippen molar-refractivity contribution in [1.82, 2.24) is 0 Å². The minimum atomic E-state index is 0.301. The van der Waals surface area contributed by atoms with Crippen LogP contribution in [0.25, 0.3) is 0 Å². The molecule has 1 aliphatic heterocycles. The molecule has 0 bridgehead atoms. The normalized spacial score (nSPS) is 22.9. The molecule has 0 nitrogen and oxygen atoms in total. The number of rotatable bonds is 0. The fraction of sp³-hybridized carbons (Fsp3) is 0.333. The van der Waals surface area contributed by atoms with E-state index in [1.54, 1.807) is 23.5 Å². The standard InChI is InChI=1S/C3H4S5/c4-1-2(5)8-3(6)7-1/h3-6H. The van der Waals surface area contributed by atoms with Crippen LogP contribution in [0.15, 0.2) is 8.47 Å². The maximum Gasteiger partial charge on any atom is 0.103 e. The van der Waals surface area contributed by atoms with Crippen molar-refractivity contribution in [3.63, 3.8) is 0 Å². The van der Waals surface area contributed by atoms with Crippen molar-refractivity contribution in [1.29, 1.82) is 0 Å². The van der Waals surface area contributed by atoms with Gasteiger partial charge in [-0.1, -0.05) is 23.5 Å². The van der Waals surface area contributed by atoms with E-state index in [-0.39, 0.29) is 0 Å². The molecule has 0 saturated carbocycles. The van der Waals surface area contributed by atoms with Gasteiger partial charge in [-0.2, -0.15) is 12.6 Å². The second kappa shape index (κ2) is 3.05. The summed E-state index contributed by atoms with van der Waals surface area (Å²) < 4.78 is 2.27. The summed E-state index contributed by atoms with van der Waals surface area (Å²) in [7, 11) is 0. The third-order valence-electron chi connectivity index (χ3n) is 0.608. The predicted molar refractivity (Wildman–Crippen MR) is 53.0 cm³/mol. The zero-order chi connectivity index (χ0) is 6.15. The molecule has 1 heterocycles. The highest BCUT2D eigenvalue weighted by Gasteiger charge is 2.17. The Hall–Kier alpha value is 1.49. The largest absolute Gasteiger partial charge is 0.153 e. The quantitative estimate of drug-likeness (QED) is 0.514. The van der Waals surface area contributed by atoms with Crippen LogP contribution < -0.4 is 0 Å². The number of thioether (sulfide) groups is 2. The highest BCUT2D eigenvalue weighted by atomic mass is 32.3. The molecule has 1 aliphatic rings. The van der Waals surface area contributed by atoms with E-state index in [4.69, 9.17) is 0 Å². The third-order valence-corrected chi connectivity index (χ3v) is 4.76. The molecule has 0 aromatic carbocycles. The minimum Gasteiger partial charge on any atom is -0.153 e. The van der Waals surface area contributed by atoms with Gasteiger partial charge >= 0.3 is 0 Å². The van der Waals surface area contributed by atoms with Gasteiger partial charge in [0.05, 0.1) is 8.47 Å². The van der Waals surface area contributed by atoms with Crippen LogP contribution in [0.3, 0.4) is 0 Å². The van der Waals surface area contributed by atoms with E-state index in [0.29, 0.717) is 3.91 Å². The molecule has 0 radical (unpaired) electrons. The first-order valence-corrected chi connectivity index (χ1v) is 5.01. The smallest absolute Gasteiger partial charge is 0.103 e. The number of hydrogen-bond acceptors (Lipinski definition) is 5. The fourth-order valence-electron chi connectivity index (χ4n) is 0.316. The number of thiol groups is 3. The van der Waals surface area contributed by atoms with E-state index in [1.807, 2.05) is 0 Å². The predicted octanol–water partition coefficient (Wildman–Crippen LogP) is 2.67. The van der Waals surface area contributed by atoms with E-state index >= 15 is 0 Å². The molecule has 46 valence electrons. The molecule has 0 spiro atoms. The van der Waals surface area contributed by atoms with Gasteiger partial charge in [0.1, 0.15) is 3.91 Å². The van der Waals surface area contributed by atoms with Gasteiger partial charge in [0.15, 0.2) is 0 Å². The Bertz CT molecular complexity index is 114. The summed E-state index contributed by atoms with van der Waals surface area (Å²) in [4.78, 5) is 0. The van der Waals surface area contributed by atoms with Crippen molar-refractivity contribution in [2.75, 3.05) is 0 Å². The molecule has 0 saturated heterocycles. The Morgan fingerprint density at radius 3 is 1.62 bits per heavy atom. The Morgan fingerprint density at radius 2 is 1.50 bits per heavy atom. The van der Waals surface area contributed by atoms with Gasteiger partial charge in [-0.25, -0.2) is 0 Å². The molecule has 1 rings (SSSR count). The molecule has 8 heavy (non-hydrogen) atoms. The van der Waals surface area contributed by atoms with E-state index in [1.165, 1.54) is 0 Å². The summed E-state index contributed by atoms with van der Waals surface area (Å²) in [5, 5.41) is 0. The summed E-state index contributed by atoms with van der Waals surface area (Å²) in [6.07, 6.45) is 0. The van der Waals surface area contributed by atoms with Gasteiger partial charge in [-0.05, 0) is 0 Å². The molecule has 0 N–H and O–H groups in total. The first-order chi connectivity index (χ1) is 3.70. The molecule has 0 aromatic rings. The van der Waals surface area contributed by atoms with E-state index in [0.717, 1.165) is 8.47 Å². The fourth-order valence-corrected chi connectivity index (χ4v) is 4.47. The second-order valence-corrected chi connectivity index (χ2v) is 6.40. The minimum absolute atomic E-state index is 0.301. The van der Waals surface area contributed by atoms with Crippen LogP contribution in [-0.4, -0.2) is 3.91 Å². The average molecular weight is 200 g/mol. The number of hydrogen-bond donors (Lipinski definition) is 3. The average Bonchev–Trinajstić information content (AvgIpc) is 1.85. The third kappa shape index (κ3) is 1.73. The van der Waals surface area contributed by atoms with Gasteiger partial charge < -0.3 is 0 Å². The van der Waals surface area contributed by atoms with Crippen LogP contribution in [0.4, 0.5) is 0 Å². The Labute approximate surface area is 73.5 Å². The topological polar surface area (TPSA) is 0 Å². The molecule has 0 amide bonds. The molecule has 0 aliphatic carbocycles. The SMILES string of the molecule is SC1=C(S)SC(S)S1. The van der Waals surface area contributed by atoms with Gasteiger partial charge in [0.2, 0.25) is 0 Å². The molecular weight excluding hydrogens is 196 g/mol. The lowest BCUT2D eigenvalue weighted by Gasteiger charge is -1.92. The molecule has 0 atom stereocenters. The van der Waals surface area contributed by atoms with Crippen molar-refractivity contribution < 1.29 is 0 Å². The van der Waals surface area contributed by atoms with Crippen LogP contribution in [-0.2, 0) is 0 Å². The maximum atomic E-state index is 4.20. The van der Waals surface area contributed by atoms with E-state index < -0.39 is 0 Å². The Kier molecular flexibility index (Phi) is 2.90. The van der Waals surface area contributed by atoms with Crippen LogP contribution >= 0.6 is 61.4 Å². The summed E-state index contributed by atoms with van der Waals surface area (Å²) >= 11 is 15.7. The summed E-state index contributed by atoms with van der Waals surface area (Å²) in [5.41, 5.74) is 0. The Balaban J connectivity index is 2.60. The highest BCUT2D eigenvalue weighted by molar-refractivity contribution is 8.39. The van der Waals surface area contributed by atoms with Crippen molar-refractivity contribution in [3.05, 3.63) is 8.47 Å². The molecular formula is C3H4S5. The summed E-state index contributed by atoms with van der Waals surface area (Å²) in [6, 6.07) is 0. The van der Waals surface area contributed by atoms with Crippen molar-refractivity contribution in [2.45, 2.75) is 3.91 Å². The lowest BCUT2D eigenvalue weighted by atomic mass is 11.2. The van der Waals surface area contributed by atoms with Crippen molar-refractivity contribution >= 4 is 61.4 Å². The van der Waals surface area contributed by atoms with Gasteiger partial charge in [0.25, 0.3) is 0 Å². The van der Waals surface area contributed by atoms with Gasteiger partial charge in [0, 0.05) is 0 Å². The zero-order valence-electron chi connectivity index (χ0n) is 3.74. The van der Waals surface area contributed by atoms with Crippen molar-refractivity contribution in [2.24, 2.45) is 0 Å². The first-order valence-electron chi connectivity index (χ1n) is 1.84. The molecule has 0 fully saturated rings. The van der Waals surface area contributed by atoms with Gasteiger partial charge in [-0.15, -0.1) is 25.3 Å². The van der Waals surface area contributed by atoms with Crippen LogP contribution in [0.5, 0.6) is 0 Å². The van der Waals surface area contributed by atoms with Crippen LogP contribution in [0.1, 0.15) is 0 Å². The summed E-state index contributed by atoms with van der Waals surface area (Å²) in [6.45, 7) is 0. The highest BCUT2D eigenvalue weighted by Crippen LogP contribution is 2.50. The zero-order valence-corrected chi connectivity index (χ0v) is 8.05. The monoisotopic (exact) mass is 200 g/mol. The van der Waals surface area contributed by atoms with E-state index in [2.05, 4.69) is 37.9 Å². The molecule has 0 aromatic heterocycles.